The van der Waals surface area contributed by atoms with Gasteiger partial charge in [-0.2, -0.15) is 9.97 Å². The third-order valence-corrected chi connectivity index (χ3v) is 11.2. The molecule has 4 heterocycles. The monoisotopic (exact) mass is 660 g/mol. The Morgan fingerprint density at radius 2 is 1.98 bits per heavy atom. The van der Waals surface area contributed by atoms with Gasteiger partial charge in [0.2, 0.25) is 11.8 Å². The molecule has 3 amide bonds. The van der Waals surface area contributed by atoms with Crippen LogP contribution in [-0.2, 0) is 28.2 Å². The zero-order valence-electron chi connectivity index (χ0n) is 25.2. The van der Waals surface area contributed by atoms with Crippen molar-refractivity contribution in [3.05, 3.63) is 6.33 Å². The molecule has 5 N–H and O–H groups in total. The molecule has 0 aromatic carbocycles. The van der Waals surface area contributed by atoms with Crippen molar-refractivity contribution in [3.8, 4) is 5.88 Å². The second-order valence-corrected chi connectivity index (χ2v) is 15.2. The summed E-state index contributed by atoms with van der Waals surface area (Å²) in [6.07, 6.45) is -3.16. The van der Waals surface area contributed by atoms with E-state index in [2.05, 4.69) is 20.0 Å². The molecule has 0 aliphatic carbocycles. The molecule has 2 aromatic heterocycles. The average Bonchev–Trinajstić information content (AvgIpc) is 3.52. The van der Waals surface area contributed by atoms with Crippen LogP contribution in [0.3, 0.4) is 0 Å². The van der Waals surface area contributed by atoms with Crippen LogP contribution in [0.1, 0.15) is 33.9 Å². The number of amides is 3. The van der Waals surface area contributed by atoms with Gasteiger partial charge in [0.1, 0.15) is 29.9 Å². The minimum atomic E-state index is -4.06. The molecule has 0 bridgehead atoms. The number of likely N-dealkylation sites (N-methyl/N-ethyl adjacent to an activating group) is 2. The van der Waals surface area contributed by atoms with Gasteiger partial charge in [0, 0.05) is 19.8 Å². The van der Waals surface area contributed by atoms with Gasteiger partial charge in [0.25, 0.3) is 5.91 Å². The van der Waals surface area contributed by atoms with Crippen molar-refractivity contribution in [2.24, 2.45) is 0 Å². The second kappa shape index (κ2) is 12.7. The molecule has 0 saturated carbocycles. The number of aliphatic hydroxyl groups excluding tert-OH is 1. The molecule has 2 saturated heterocycles. The number of nitrogens with one attached hydrogen (secondary N) is 1. The molecule has 1 unspecified atom stereocenters. The predicted molar refractivity (Wildman–Crippen MR) is 156 cm³/mol. The second-order valence-electron chi connectivity index (χ2n) is 10.8. The summed E-state index contributed by atoms with van der Waals surface area (Å²) in [5.41, 5.74) is 4.28. The Morgan fingerprint density at radius 3 is 2.57 bits per heavy atom. The van der Waals surface area contributed by atoms with Gasteiger partial charge in [0.15, 0.2) is 17.4 Å². The van der Waals surface area contributed by atoms with Crippen molar-refractivity contribution in [2.45, 2.75) is 69.9 Å². The number of nitrogens with two attached hydrogens (primary N) is 1. The number of carbonyl (C=O) groups excluding carboxylic acids is 3. The molecule has 7 atom stereocenters. The number of rotatable bonds is 12. The molecule has 0 radical (unpaired) electrons. The Labute approximate surface area is 256 Å². The Hall–Kier alpha value is -3.06. The van der Waals surface area contributed by atoms with Gasteiger partial charge in [-0.25, -0.2) is 14.9 Å². The van der Waals surface area contributed by atoms with Gasteiger partial charge in [-0.05, 0) is 27.7 Å². The lowest BCUT2D eigenvalue weighted by atomic mass is 9.96. The maximum atomic E-state index is 14.1. The fourth-order valence-corrected chi connectivity index (χ4v) is 8.68. The van der Waals surface area contributed by atoms with Crippen LogP contribution >= 0.6 is 18.1 Å². The highest BCUT2D eigenvalue weighted by molar-refractivity contribution is 8.56. The number of urea groups is 1. The molecule has 18 nitrogen and oxygen atoms in total. The lowest BCUT2D eigenvalue weighted by Crippen LogP contribution is -2.44. The van der Waals surface area contributed by atoms with Crippen LogP contribution in [0.5, 0.6) is 5.88 Å². The van der Waals surface area contributed by atoms with Crippen molar-refractivity contribution in [2.75, 3.05) is 39.3 Å². The van der Waals surface area contributed by atoms with Gasteiger partial charge in [0.05, 0.1) is 26.1 Å². The van der Waals surface area contributed by atoms with E-state index in [1.165, 1.54) is 50.8 Å². The number of nitrogens with zero attached hydrogens (tertiary/aromatic N) is 6. The molecule has 2 aliphatic rings. The number of aliphatic hydroxyl groups is 2. The largest absolute Gasteiger partial charge is 0.479 e. The number of anilines is 1. The van der Waals surface area contributed by atoms with Crippen molar-refractivity contribution < 1.29 is 47.9 Å². The first-order chi connectivity index (χ1) is 20.5. The SMILES string of the molecule is COc1nc(N)nc2c1ncn2[C@@H]1O[C@H](COP(=O)(N[C@@H](C)C(=O)OC(C)C)SC[C@@H]2C(=O)N(C)C(=O)N2C)[C@@H](O)[C@@]1(C)O. The van der Waals surface area contributed by atoms with Crippen LogP contribution < -0.4 is 15.6 Å². The molecule has 2 aliphatic heterocycles. The van der Waals surface area contributed by atoms with E-state index < -0.39 is 73.5 Å². The van der Waals surface area contributed by atoms with Crippen LogP contribution in [0.25, 0.3) is 11.2 Å². The standard InChI is InChI=1S/C24H37N8O10PS/c1-11(2)41-20(35)12(3)29-43(38,44-9-13-19(34)31(6)23(36)30(13)5)40-8-14-16(33)24(4,37)21(42-14)32-10-26-15-17(32)27-22(25)28-18(15)39-7/h10-14,16,21,33,37H,8-9H2,1-7H3,(H,29,38)(H2,25,27,28)/t12-,13+,14+,16+,21+,24+,43?/m0/s1. The Kier molecular flexibility index (Phi) is 9.80. The normalized spacial score (nSPS) is 27.8. The number of carbonyl (C=O) groups is 3. The molecular formula is C24H37N8O10PS. The van der Waals surface area contributed by atoms with E-state index in [9.17, 15) is 29.2 Å². The van der Waals surface area contributed by atoms with Crippen LogP contribution in [0, 0.1) is 0 Å². The summed E-state index contributed by atoms with van der Waals surface area (Å²) < 4.78 is 37.6. The van der Waals surface area contributed by atoms with Crippen LogP contribution in [-0.4, -0.2) is 127 Å². The number of esters is 1. The zero-order chi connectivity index (χ0) is 32.7. The smallest absolute Gasteiger partial charge is 0.327 e. The van der Waals surface area contributed by atoms with Gasteiger partial charge in [-0.15, -0.1) is 0 Å². The van der Waals surface area contributed by atoms with Crippen molar-refractivity contribution in [3.63, 3.8) is 0 Å². The summed E-state index contributed by atoms with van der Waals surface area (Å²) in [5, 5.41) is 25.0. The van der Waals surface area contributed by atoms with Crippen molar-refractivity contribution in [1.82, 2.24) is 34.4 Å². The summed E-state index contributed by atoms with van der Waals surface area (Å²) >= 11 is 0.701. The summed E-state index contributed by atoms with van der Waals surface area (Å²) in [5.74, 6) is -1.36. The highest BCUT2D eigenvalue weighted by Crippen LogP contribution is 2.57. The number of imidazole rings is 1. The number of methoxy groups -OCH3 is 1. The highest BCUT2D eigenvalue weighted by atomic mass is 32.7. The molecule has 244 valence electrons. The molecule has 2 fully saturated rings. The molecule has 44 heavy (non-hydrogen) atoms. The summed E-state index contributed by atoms with van der Waals surface area (Å²) in [6, 6.07) is -2.56. The van der Waals surface area contributed by atoms with Crippen LogP contribution in [0.2, 0.25) is 0 Å². The molecular weight excluding hydrogens is 623 g/mol. The number of ether oxygens (including phenoxy) is 3. The van der Waals surface area contributed by atoms with E-state index in [-0.39, 0.29) is 28.7 Å². The minimum Gasteiger partial charge on any atom is -0.479 e. The Morgan fingerprint density at radius 1 is 1.30 bits per heavy atom. The maximum Gasteiger partial charge on any atom is 0.327 e. The average molecular weight is 661 g/mol. The van der Waals surface area contributed by atoms with Gasteiger partial charge in [-0.1, -0.05) is 11.4 Å². The van der Waals surface area contributed by atoms with E-state index in [0.717, 1.165) is 4.90 Å². The first kappa shape index (κ1) is 33.8. The number of hydrogen-bond acceptors (Lipinski definition) is 15. The topological polar surface area (TPSA) is 234 Å². The van der Waals surface area contributed by atoms with Crippen molar-refractivity contribution >= 4 is 53.1 Å². The summed E-state index contributed by atoms with van der Waals surface area (Å²) in [4.78, 5) is 51.9. The van der Waals surface area contributed by atoms with Crippen LogP contribution in [0.4, 0.5) is 10.7 Å². The van der Waals surface area contributed by atoms with Crippen LogP contribution in [0.15, 0.2) is 6.33 Å². The van der Waals surface area contributed by atoms with Gasteiger partial charge < -0.3 is 39.6 Å². The third kappa shape index (κ3) is 6.49. The van der Waals surface area contributed by atoms with Crippen molar-refractivity contribution in [1.29, 1.82) is 0 Å². The van der Waals surface area contributed by atoms with Gasteiger partial charge in [-0.3, -0.25) is 23.6 Å². The summed E-state index contributed by atoms with van der Waals surface area (Å²) in [7, 11) is 4.16. The number of aromatic nitrogens is 4. The lowest BCUT2D eigenvalue weighted by molar-refractivity contribution is -0.149. The van der Waals surface area contributed by atoms with E-state index >= 15 is 0 Å². The van der Waals surface area contributed by atoms with E-state index in [1.54, 1.807) is 13.8 Å². The van der Waals surface area contributed by atoms with Gasteiger partial charge >= 0.3 is 18.7 Å². The number of fused-ring (bicyclic) bond motifs is 1. The predicted octanol–water partition coefficient (Wildman–Crippen LogP) is 0.106. The summed E-state index contributed by atoms with van der Waals surface area (Å²) in [6.45, 7) is 1.50. The Bertz CT molecular complexity index is 1470. The molecule has 20 heteroatoms. The maximum absolute atomic E-state index is 14.1. The third-order valence-electron chi connectivity index (χ3n) is 7.15. The first-order valence-corrected chi connectivity index (χ1v) is 16.7. The fourth-order valence-electron chi connectivity index (χ4n) is 4.71. The number of imide groups is 1. The number of hydrogen-bond donors (Lipinski definition) is 4. The van der Waals surface area contributed by atoms with E-state index in [1.807, 2.05) is 0 Å². The Balaban J connectivity index is 1.55. The minimum absolute atomic E-state index is 0.0951. The zero-order valence-corrected chi connectivity index (χ0v) is 26.9. The molecule has 2 aromatic rings. The molecule has 4 rings (SSSR count). The first-order valence-electron chi connectivity index (χ1n) is 13.5. The van der Waals surface area contributed by atoms with E-state index in [0.29, 0.717) is 11.4 Å². The molecule has 0 spiro atoms. The number of nitrogen functional groups attached to an aromatic ring is 1. The highest BCUT2D eigenvalue weighted by Gasteiger charge is 2.54. The van der Waals surface area contributed by atoms with E-state index in [4.69, 9.17) is 24.5 Å². The lowest BCUT2D eigenvalue weighted by Gasteiger charge is -2.27. The fraction of sp³-hybridized carbons (Fsp3) is 0.667. The quantitative estimate of drug-likeness (QED) is 0.134.